The Balaban J connectivity index is 1.98. The summed E-state index contributed by atoms with van der Waals surface area (Å²) >= 11 is 0. The lowest BCUT2D eigenvalue weighted by molar-refractivity contribution is 0.0819. The summed E-state index contributed by atoms with van der Waals surface area (Å²) in [5, 5.41) is 1.21. The number of para-hydroxylation sites is 1. The zero-order valence-corrected chi connectivity index (χ0v) is 11.9. The Morgan fingerprint density at radius 1 is 1.30 bits per heavy atom. The summed E-state index contributed by atoms with van der Waals surface area (Å²) in [6.45, 7) is 2.53. The Kier molecular flexibility index (Phi) is 3.85. The van der Waals surface area contributed by atoms with E-state index in [0.717, 1.165) is 37.1 Å². The summed E-state index contributed by atoms with van der Waals surface area (Å²) in [6.07, 6.45) is 2.55. The second-order valence-electron chi connectivity index (χ2n) is 5.28. The number of benzene rings is 1. The number of fused-ring (bicyclic) bond motifs is 1. The Morgan fingerprint density at radius 2 is 2.05 bits per heavy atom. The van der Waals surface area contributed by atoms with Crippen LogP contribution < -0.4 is 10.6 Å². The molecule has 0 unspecified atom stereocenters. The minimum atomic E-state index is 0.397. The van der Waals surface area contributed by atoms with Gasteiger partial charge in [-0.1, -0.05) is 18.2 Å². The fourth-order valence-electron chi connectivity index (χ4n) is 2.91. The van der Waals surface area contributed by atoms with Gasteiger partial charge in [0, 0.05) is 37.8 Å². The molecule has 2 aromatic rings. The summed E-state index contributed by atoms with van der Waals surface area (Å²) in [5.74, 6) is 0. The maximum absolute atomic E-state index is 5.78. The fraction of sp³-hybridized carbons (Fsp3) is 0.438. The minimum Gasteiger partial charge on any atom is -0.381 e. The topological polar surface area (TPSA) is 51.4 Å². The number of rotatable bonds is 3. The largest absolute Gasteiger partial charge is 0.381 e. The first kappa shape index (κ1) is 13.3. The van der Waals surface area contributed by atoms with Crippen LogP contribution in [0.3, 0.4) is 0 Å². The highest BCUT2D eigenvalue weighted by Crippen LogP contribution is 2.29. The van der Waals surface area contributed by atoms with E-state index >= 15 is 0 Å². The van der Waals surface area contributed by atoms with Gasteiger partial charge < -0.3 is 15.4 Å². The second kappa shape index (κ2) is 5.77. The van der Waals surface area contributed by atoms with Crippen LogP contribution in [0.5, 0.6) is 0 Å². The minimum absolute atomic E-state index is 0.397. The number of pyridine rings is 1. The number of aromatic nitrogens is 1. The number of hydrogen-bond donors (Lipinski definition) is 1. The molecule has 4 nitrogen and oxygen atoms in total. The molecule has 0 atom stereocenters. The van der Waals surface area contributed by atoms with Crippen LogP contribution in [0.25, 0.3) is 10.9 Å². The van der Waals surface area contributed by atoms with E-state index in [0.29, 0.717) is 12.6 Å². The number of ether oxygens (including phenoxy) is 1. The second-order valence-corrected chi connectivity index (χ2v) is 5.28. The van der Waals surface area contributed by atoms with Crippen molar-refractivity contribution in [2.45, 2.75) is 25.5 Å². The van der Waals surface area contributed by atoms with Crippen molar-refractivity contribution in [2.24, 2.45) is 5.73 Å². The van der Waals surface area contributed by atoms with Crippen molar-refractivity contribution in [3.05, 3.63) is 36.0 Å². The molecule has 0 bridgehead atoms. The molecular formula is C16H21N3O. The van der Waals surface area contributed by atoms with Crippen molar-refractivity contribution >= 4 is 16.6 Å². The molecular weight excluding hydrogens is 250 g/mol. The van der Waals surface area contributed by atoms with Gasteiger partial charge in [-0.15, -0.1) is 0 Å². The fourth-order valence-corrected chi connectivity index (χ4v) is 2.91. The van der Waals surface area contributed by atoms with Crippen LogP contribution in [0.2, 0.25) is 0 Å². The van der Waals surface area contributed by atoms with Crippen molar-refractivity contribution in [3.8, 4) is 0 Å². The number of hydrogen-bond acceptors (Lipinski definition) is 4. The number of nitrogens with two attached hydrogens (primary N) is 1. The van der Waals surface area contributed by atoms with E-state index in [1.54, 1.807) is 7.11 Å². The van der Waals surface area contributed by atoms with Gasteiger partial charge in [-0.25, -0.2) is 0 Å². The van der Waals surface area contributed by atoms with E-state index in [1.807, 2.05) is 6.07 Å². The summed E-state index contributed by atoms with van der Waals surface area (Å²) in [7, 11) is 1.80. The van der Waals surface area contributed by atoms with Gasteiger partial charge in [0.05, 0.1) is 17.3 Å². The lowest BCUT2D eigenvalue weighted by Gasteiger charge is -2.33. The molecule has 106 valence electrons. The molecule has 0 amide bonds. The first-order chi connectivity index (χ1) is 9.81. The summed E-state index contributed by atoms with van der Waals surface area (Å²) in [6, 6.07) is 10.4. The standard InChI is InChI=1S/C16H21N3O/c1-20-13-6-8-19(9-7-13)16-10-12(11-17)18-15-5-3-2-4-14(15)16/h2-5,10,13H,6-9,11,17H2,1H3. The van der Waals surface area contributed by atoms with Gasteiger partial charge in [0.15, 0.2) is 0 Å². The predicted octanol–water partition coefficient (Wildman–Crippen LogP) is 2.31. The first-order valence-electron chi connectivity index (χ1n) is 7.18. The highest BCUT2D eigenvalue weighted by molar-refractivity contribution is 5.92. The van der Waals surface area contributed by atoms with Gasteiger partial charge >= 0.3 is 0 Å². The molecule has 1 fully saturated rings. The smallest absolute Gasteiger partial charge is 0.0726 e. The molecule has 1 aromatic heterocycles. The van der Waals surface area contributed by atoms with Crippen LogP contribution in [-0.2, 0) is 11.3 Å². The van der Waals surface area contributed by atoms with Gasteiger partial charge in [-0.05, 0) is 25.0 Å². The predicted molar refractivity (Wildman–Crippen MR) is 81.9 cm³/mol. The molecule has 2 heterocycles. The lowest BCUT2D eigenvalue weighted by atomic mass is 10.0. The Bertz CT molecular complexity index is 591. The van der Waals surface area contributed by atoms with E-state index < -0.39 is 0 Å². The molecule has 0 saturated carbocycles. The maximum Gasteiger partial charge on any atom is 0.0726 e. The molecule has 0 radical (unpaired) electrons. The van der Waals surface area contributed by atoms with Crippen molar-refractivity contribution < 1.29 is 4.74 Å². The summed E-state index contributed by atoms with van der Waals surface area (Å²) in [5.41, 5.74) is 9.02. The van der Waals surface area contributed by atoms with Crippen LogP contribution in [0.4, 0.5) is 5.69 Å². The normalized spacial score (nSPS) is 16.8. The molecule has 0 spiro atoms. The molecule has 0 aliphatic carbocycles. The van der Waals surface area contributed by atoms with Crippen molar-refractivity contribution in [3.63, 3.8) is 0 Å². The van der Waals surface area contributed by atoms with Crippen LogP contribution in [0.15, 0.2) is 30.3 Å². The number of nitrogens with zero attached hydrogens (tertiary/aromatic N) is 2. The van der Waals surface area contributed by atoms with Gasteiger partial charge in [0.2, 0.25) is 0 Å². The maximum atomic E-state index is 5.78. The highest BCUT2D eigenvalue weighted by atomic mass is 16.5. The Hall–Kier alpha value is -1.65. The Labute approximate surface area is 119 Å². The highest BCUT2D eigenvalue weighted by Gasteiger charge is 2.20. The van der Waals surface area contributed by atoms with Crippen molar-refractivity contribution in [1.82, 2.24) is 4.98 Å². The molecule has 1 aromatic carbocycles. The molecule has 3 rings (SSSR count). The first-order valence-corrected chi connectivity index (χ1v) is 7.18. The number of methoxy groups -OCH3 is 1. The molecule has 1 aliphatic heterocycles. The average Bonchev–Trinajstić information content (AvgIpc) is 2.54. The zero-order valence-electron chi connectivity index (χ0n) is 11.9. The van der Waals surface area contributed by atoms with Crippen LogP contribution in [0, 0.1) is 0 Å². The quantitative estimate of drug-likeness (QED) is 0.930. The third kappa shape index (κ3) is 2.49. The third-order valence-corrected chi connectivity index (χ3v) is 4.07. The molecule has 20 heavy (non-hydrogen) atoms. The number of piperidine rings is 1. The van der Waals surface area contributed by atoms with E-state index in [-0.39, 0.29) is 0 Å². The molecule has 4 heteroatoms. The van der Waals surface area contributed by atoms with Crippen LogP contribution in [-0.4, -0.2) is 31.3 Å². The van der Waals surface area contributed by atoms with E-state index in [2.05, 4.69) is 34.1 Å². The average molecular weight is 271 g/mol. The van der Waals surface area contributed by atoms with Gasteiger partial charge in [-0.3, -0.25) is 4.98 Å². The van der Waals surface area contributed by atoms with Crippen molar-refractivity contribution in [1.29, 1.82) is 0 Å². The zero-order chi connectivity index (χ0) is 13.9. The SMILES string of the molecule is COC1CCN(c2cc(CN)nc3ccccc23)CC1. The van der Waals surface area contributed by atoms with E-state index in [9.17, 15) is 0 Å². The summed E-state index contributed by atoms with van der Waals surface area (Å²) in [4.78, 5) is 7.03. The van der Waals surface area contributed by atoms with Crippen molar-refractivity contribution in [2.75, 3.05) is 25.1 Å². The molecule has 1 saturated heterocycles. The van der Waals surface area contributed by atoms with Gasteiger partial charge in [-0.2, -0.15) is 0 Å². The van der Waals surface area contributed by atoms with Gasteiger partial charge in [0.1, 0.15) is 0 Å². The van der Waals surface area contributed by atoms with Gasteiger partial charge in [0.25, 0.3) is 0 Å². The summed E-state index contributed by atoms with van der Waals surface area (Å²) < 4.78 is 5.45. The third-order valence-electron chi connectivity index (χ3n) is 4.07. The molecule has 1 aliphatic rings. The van der Waals surface area contributed by atoms with Crippen LogP contribution in [0.1, 0.15) is 18.5 Å². The molecule has 2 N–H and O–H groups in total. The number of anilines is 1. The lowest BCUT2D eigenvalue weighted by Crippen LogP contribution is -2.36. The van der Waals surface area contributed by atoms with Crippen LogP contribution >= 0.6 is 0 Å². The van der Waals surface area contributed by atoms with E-state index in [4.69, 9.17) is 10.5 Å². The van der Waals surface area contributed by atoms with E-state index in [1.165, 1.54) is 11.1 Å². The monoisotopic (exact) mass is 271 g/mol. The Morgan fingerprint density at radius 3 is 2.75 bits per heavy atom.